The van der Waals surface area contributed by atoms with E-state index >= 15 is 0 Å². The summed E-state index contributed by atoms with van der Waals surface area (Å²) in [7, 11) is -9.90. The van der Waals surface area contributed by atoms with Crippen molar-refractivity contribution >= 4 is 39.5 Å². The first-order valence-electron chi connectivity index (χ1n) is 36.5. The fourth-order valence-corrected chi connectivity index (χ4v) is 12.2. The minimum atomic E-state index is -4.95. The van der Waals surface area contributed by atoms with Gasteiger partial charge in [0.2, 0.25) is 0 Å². The Morgan fingerprint density at radius 3 is 0.764 bits per heavy atom. The maximum Gasteiger partial charge on any atom is 0.472 e. The number of hydrogen-bond donors (Lipinski definition) is 3. The first-order valence-corrected chi connectivity index (χ1v) is 39.5. The Bertz CT molecular complexity index is 1730. The van der Waals surface area contributed by atoms with Crippen LogP contribution in [0.5, 0.6) is 0 Å². The van der Waals surface area contributed by atoms with E-state index < -0.39 is 97.5 Å². The maximum absolute atomic E-state index is 13.0. The Hall–Kier alpha value is -1.94. The van der Waals surface area contributed by atoms with Crippen molar-refractivity contribution in [3.8, 4) is 0 Å². The standard InChI is InChI=1S/C70H136O17P2/c1-7-9-11-13-15-17-18-19-20-21-22-23-24-29-36-42-48-54-69(74)86-66(59-81-68(73)53-47-41-35-30-25-27-32-38-44-50-62(3)4)61-85-89(78,79)83-57-64(71)56-82-88(76,77)84-60-65(58-80-67(72)52-46-40-34-16-14-12-10-8-2)87-70(75)55-49-43-37-31-26-28-33-39-45-51-63(5)6/h62-66,71H,7-61H2,1-6H3,(H,76,77)(H,78,79)/t64-,65+,66+/m0/s1. The smallest absolute Gasteiger partial charge is 0.462 e. The van der Waals surface area contributed by atoms with E-state index in [0.29, 0.717) is 25.7 Å². The quantitative estimate of drug-likeness (QED) is 0.0222. The summed E-state index contributed by atoms with van der Waals surface area (Å²) in [5.41, 5.74) is 0. The lowest BCUT2D eigenvalue weighted by Gasteiger charge is -2.21. The number of aliphatic hydroxyl groups excluding tert-OH is 1. The van der Waals surface area contributed by atoms with Gasteiger partial charge in [-0.1, -0.05) is 305 Å². The molecule has 0 amide bonds. The fourth-order valence-electron chi connectivity index (χ4n) is 10.6. The van der Waals surface area contributed by atoms with E-state index in [1.165, 1.54) is 167 Å². The zero-order valence-electron chi connectivity index (χ0n) is 57.7. The Morgan fingerprint density at radius 1 is 0.303 bits per heavy atom. The molecule has 0 rings (SSSR count). The minimum absolute atomic E-state index is 0.105. The van der Waals surface area contributed by atoms with Crippen LogP contribution in [0, 0.1) is 11.8 Å². The number of carbonyl (C=O) groups excluding carboxylic acids is 4. The monoisotopic (exact) mass is 1310 g/mol. The van der Waals surface area contributed by atoms with Gasteiger partial charge in [-0.25, -0.2) is 9.13 Å². The van der Waals surface area contributed by atoms with Crippen LogP contribution in [0.1, 0.15) is 356 Å². The number of rotatable bonds is 69. The molecule has 17 nitrogen and oxygen atoms in total. The zero-order valence-corrected chi connectivity index (χ0v) is 59.5. The first-order chi connectivity index (χ1) is 42.9. The van der Waals surface area contributed by atoms with Gasteiger partial charge in [-0.05, 0) is 37.5 Å². The minimum Gasteiger partial charge on any atom is -0.462 e. The summed E-state index contributed by atoms with van der Waals surface area (Å²) in [6.45, 7) is 9.48. The molecule has 528 valence electrons. The molecule has 89 heavy (non-hydrogen) atoms. The molecule has 0 aromatic carbocycles. The van der Waals surface area contributed by atoms with Gasteiger partial charge in [0.05, 0.1) is 26.4 Å². The van der Waals surface area contributed by atoms with Crippen molar-refractivity contribution < 1.29 is 80.2 Å². The summed E-state index contributed by atoms with van der Waals surface area (Å²) in [4.78, 5) is 72.5. The highest BCUT2D eigenvalue weighted by molar-refractivity contribution is 7.47. The molecule has 5 atom stereocenters. The van der Waals surface area contributed by atoms with E-state index in [-0.39, 0.29) is 25.7 Å². The van der Waals surface area contributed by atoms with Crippen LogP contribution in [0.2, 0.25) is 0 Å². The van der Waals surface area contributed by atoms with Gasteiger partial charge in [-0.15, -0.1) is 0 Å². The van der Waals surface area contributed by atoms with Crippen LogP contribution >= 0.6 is 15.6 Å². The van der Waals surface area contributed by atoms with Crippen molar-refractivity contribution in [1.82, 2.24) is 0 Å². The third kappa shape index (κ3) is 64.6. The Labute approximate surface area is 543 Å². The molecule has 0 spiro atoms. The number of aliphatic hydroxyl groups is 1. The highest BCUT2D eigenvalue weighted by Crippen LogP contribution is 2.45. The molecule has 0 saturated carbocycles. The summed E-state index contributed by atoms with van der Waals surface area (Å²) in [6, 6.07) is 0. The van der Waals surface area contributed by atoms with Crippen LogP contribution in [0.3, 0.4) is 0 Å². The number of ether oxygens (including phenoxy) is 4. The molecule has 2 unspecified atom stereocenters. The predicted octanol–water partition coefficient (Wildman–Crippen LogP) is 20.0. The summed E-state index contributed by atoms with van der Waals surface area (Å²) < 4.78 is 68.2. The van der Waals surface area contributed by atoms with Crippen molar-refractivity contribution in [3.05, 3.63) is 0 Å². The largest absolute Gasteiger partial charge is 0.472 e. The number of esters is 4. The third-order valence-electron chi connectivity index (χ3n) is 16.2. The van der Waals surface area contributed by atoms with Gasteiger partial charge in [0, 0.05) is 25.7 Å². The predicted molar refractivity (Wildman–Crippen MR) is 358 cm³/mol. The van der Waals surface area contributed by atoms with E-state index in [1.54, 1.807) is 0 Å². The average Bonchev–Trinajstić information content (AvgIpc) is 3.71. The molecule has 19 heteroatoms. The van der Waals surface area contributed by atoms with Crippen LogP contribution in [-0.4, -0.2) is 96.7 Å². The van der Waals surface area contributed by atoms with Crippen LogP contribution < -0.4 is 0 Å². The second-order valence-electron chi connectivity index (χ2n) is 26.2. The number of hydrogen-bond acceptors (Lipinski definition) is 15. The highest BCUT2D eigenvalue weighted by atomic mass is 31.2. The molecule has 0 heterocycles. The molecular weight excluding hydrogens is 1170 g/mol. The molecule has 0 aromatic heterocycles. The second kappa shape index (κ2) is 62.2. The van der Waals surface area contributed by atoms with Crippen molar-refractivity contribution in [3.63, 3.8) is 0 Å². The molecule has 0 aliphatic rings. The van der Waals surface area contributed by atoms with Gasteiger partial charge in [0.1, 0.15) is 19.3 Å². The lowest BCUT2D eigenvalue weighted by atomic mass is 10.0. The van der Waals surface area contributed by atoms with E-state index in [1.807, 2.05) is 0 Å². The Kier molecular flexibility index (Phi) is 60.8. The molecular formula is C70H136O17P2. The number of unbranched alkanes of at least 4 members (excludes halogenated alkanes) is 39. The van der Waals surface area contributed by atoms with Gasteiger partial charge in [0.15, 0.2) is 12.2 Å². The van der Waals surface area contributed by atoms with E-state index in [9.17, 15) is 43.2 Å². The summed E-state index contributed by atoms with van der Waals surface area (Å²) in [6.07, 6.45) is 47.3. The molecule has 0 bridgehead atoms. The topological polar surface area (TPSA) is 237 Å². The van der Waals surface area contributed by atoms with Gasteiger partial charge in [-0.3, -0.25) is 37.3 Å². The Morgan fingerprint density at radius 2 is 0.517 bits per heavy atom. The lowest BCUT2D eigenvalue weighted by Crippen LogP contribution is -2.30. The second-order valence-corrected chi connectivity index (χ2v) is 29.1. The molecule has 0 fully saturated rings. The highest BCUT2D eigenvalue weighted by Gasteiger charge is 2.30. The third-order valence-corrected chi connectivity index (χ3v) is 18.1. The van der Waals surface area contributed by atoms with Crippen molar-refractivity contribution in [2.45, 2.75) is 374 Å². The summed E-state index contributed by atoms with van der Waals surface area (Å²) >= 11 is 0. The lowest BCUT2D eigenvalue weighted by molar-refractivity contribution is -0.161. The van der Waals surface area contributed by atoms with Crippen LogP contribution in [0.4, 0.5) is 0 Å². The van der Waals surface area contributed by atoms with Crippen LogP contribution in [0.15, 0.2) is 0 Å². The number of phosphoric ester groups is 2. The maximum atomic E-state index is 13.0. The van der Waals surface area contributed by atoms with Crippen molar-refractivity contribution in [2.75, 3.05) is 39.6 Å². The van der Waals surface area contributed by atoms with Gasteiger partial charge in [-0.2, -0.15) is 0 Å². The van der Waals surface area contributed by atoms with Gasteiger partial charge >= 0.3 is 39.5 Å². The van der Waals surface area contributed by atoms with Crippen molar-refractivity contribution in [2.24, 2.45) is 11.8 Å². The number of carbonyl (C=O) groups is 4. The first kappa shape index (κ1) is 87.1. The summed E-state index contributed by atoms with van der Waals surface area (Å²) in [5.74, 6) is -0.646. The van der Waals surface area contributed by atoms with Gasteiger partial charge < -0.3 is 33.8 Å². The number of phosphoric acid groups is 2. The van der Waals surface area contributed by atoms with E-state index in [2.05, 4.69) is 41.5 Å². The Balaban J connectivity index is 5.21. The van der Waals surface area contributed by atoms with Crippen LogP contribution in [0.25, 0.3) is 0 Å². The summed E-state index contributed by atoms with van der Waals surface area (Å²) in [5, 5.41) is 10.6. The normalized spacial score (nSPS) is 14.1. The van der Waals surface area contributed by atoms with Crippen molar-refractivity contribution in [1.29, 1.82) is 0 Å². The SMILES string of the molecule is CCCCCCCCCCCCCCCCCCCC(=O)O[C@H](COC(=O)CCCCCCCCCCCC(C)C)COP(=O)(O)OC[C@@H](O)COP(=O)(O)OC[C@@H](COC(=O)CCCCCCCCCC)OC(=O)CCCCCCCCCCCC(C)C. The van der Waals surface area contributed by atoms with Crippen LogP contribution in [-0.2, 0) is 65.4 Å². The zero-order chi connectivity index (χ0) is 65.7. The molecule has 0 aromatic rings. The molecule has 0 aliphatic heterocycles. The molecule has 0 radical (unpaired) electrons. The molecule has 0 aliphatic carbocycles. The van der Waals surface area contributed by atoms with Gasteiger partial charge in [0.25, 0.3) is 0 Å². The fraction of sp³-hybridized carbons (Fsp3) is 0.943. The average molecular weight is 1310 g/mol. The van der Waals surface area contributed by atoms with E-state index in [4.69, 9.17) is 37.0 Å². The molecule has 0 saturated heterocycles. The molecule has 3 N–H and O–H groups in total. The van der Waals surface area contributed by atoms with E-state index in [0.717, 1.165) is 108 Å².